The third-order valence-electron chi connectivity index (χ3n) is 2.75. The van der Waals surface area contributed by atoms with Crippen LogP contribution in [0.5, 0.6) is 0 Å². The first kappa shape index (κ1) is 12.6. The van der Waals surface area contributed by atoms with Gasteiger partial charge >= 0.3 is 0 Å². The Bertz CT molecular complexity index is 334. The molecule has 1 N–H and O–H groups in total. The van der Waals surface area contributed by atoms with Gasteiger partial charge in [0.2, 0.25) is 0 Å². The van der Waals surface area contributed by atoms with Gasteiger partial charge in [-0.2, -0.15) is 0 Å². The normalized spacial score (nSPS) is 25.9. The summed E-state index contributed by atoms with van der Waals surface area (Å²) in [4.78, 5) is 0. The van der Waals surface area contributed by atoms with Crippen molar-refractivity contribution in [2.45, 2.75) is 38.5 Å². The predicted molar refractivity (Wildman–Crippen MR) is 69.4 cm³/mol. The van der Waals surface area contributed by atoms with E-state index in [1.807, 2.05) is 6.07 Å². The first-order chi connectivity index (χ1) is 7.65. The molecule has 0 saturated carbocycles. The highest BCUT2D eigenvalue weighted by Crippen LogP contribution is 2.26. The van der Waals surface area contributed by atoms with E-state index >= 15 is 0 Å². The van der Waals surface area contributed by atoms with Crippen molar-refractivity contribution in [3.63, 3.8) is 0 Å². The molecular weight excluding hydrogens is 338 g/mol. The van der Waals surface area contributed by atoms with E-state index in [-0.39, 0.29) is 0 Å². The van der Waals surface area contributed by atoms with E-state index in [0.29, 0.717) is 12.1 Å². The zero-order chi connectivity index (χ0) is 11.5. The summed E-state index contributed by atoms with van der Waals surface area (Å²) in [5.74, 6) is 0.942. The molecule has 90 valence electrons. The molecule has 5 heteroatoms. The molecule has 2 rings (SSSR count). The minimum absolute atomic E-state index is 0.362. The van der Waals surface area contributed by atoms with Crippen LogP contribution >= 0.6 is 31.9 Å². The standard InChI is InChI=1S/C11H15Br2NO2/c1-7-4-8(2-3-15-7)14-6-9-5-10(12)11(13)16-9/h5,7-8,14H,2-4,6H2,1H3. The SMILES string of the molecule is CC1CC(NCc2cc(Br)c(Br)o2)CCO1. The quantitative estimate of drug-likeness (QED) is 0.904. The summed E-state index contributed by atoms with van der Waals surface area (Å²) in [7, 11) is 0. The molecule has 0 radical (unpaired) electrons. The Balaban J connectivity index is 1.82. The van der Waals surface area contributed by atoms with Crippen molar-refractivity contribution >= 4 is 31.9 Å². The van der Waals surface area contributed by atoms with Crippen molar-refractivity contribution in [1.29, 1.82) is 0 Å². The fourth-order valence-electron chi connectivity index (χ4n) is 1.91. The maximum absolute atomic E-state index is 5.51. The second kappa shape index (κ2) is 5.67. The Morgan fingerprint density at radius 3 is 2.94 bits per heavy atom. The van der Waals surface area contributed by atoms with Crippen molar-refractivity contribution in [2.75, 3.05) is 6.61 Å². The molecule has 2 unspecified atom stereocenters. The number of rotatable bonds is 3. The molecule has 1 aliphatic rings. The molecular formula is C11H15Br2NO2. The molecule has 1 fully saturated rings. The van der Waals surface area contributed by atoms with Crippen LogP contribution in [-0.2, 0) is 11.3 Å². The van der Waals surface area contributed by atoms with Gasteiger partial charge in [-0.1, -0.05) is 0 Å². The third-order valence-corrected chi connectivity index (χ3v) is 4.46. The Morgan fingerprint density at radius 2 is 2.31 bits per heavy atom. The molecule has 16 heavy (non-hydrogen) atoms. The molecule has 2 atom stereocenters. The smallest absolute Gasteiger partial charge is 0.183 e. The van der Waals surface area contributed by atoms with Crippen LogP contribution in [0.1, 0.15) is 25.5 Å². The van der Waals surface area contributed by atoms with Gasteiger partial charge in [0.1, 0.15) is 5.76 Å². The van der Waals surface area contributed by atoms with E-state index in [9.17, 15) is 0 Å². The Morgan fingerprint density at radius 1 is 1.50 bits per heavy atom. The van der Waals surface area contributed by atoms with Gasteiger partial charge < -0.3 is 14.5 Å². The first-order valence-corrected chi connectivity index (χ1v) is 7.02. The van der Waals surface area contributed by atoms with Crippen molar-refractivity contribution in [3.8, 4) is 0 Å². The molecule has 0 bridgehead atoms. The monoisotopic (exact) mass is 351 g/mol. The molecule has 1 aromatic rings. The summed E-state index contributed by atoms with van der Waals surface area (Å²) >= 11 is 6.73. The van der Waals surface area contributed by atoms with Crippen LogP contribution < -0.4 is 5.32 Å². The maximum Gasteiger partial charge on any atom is 0.183 e. The van der Waals surface area contributed by atoms with E-state index in [2.05, 4.69) is 44.1 Å². The number of hydrogen-bond donors (Lipinski definition) is 1. The largest absolute Gasteiger partial charge is 0.452 e. The topological polar surface area (TPSA) is 34.4 Å². The maximum atomic E-state index is 5.51. The Kier molecular flexibility index (Phi) is 4.47. The summed E-state index contributed by atoms with van der Waals surface area (Å²) in [6.07, 6.45) is 2.51. The van der Waals surface area contributed by atoms with Gasteiger partial charge in [0, 0.05) is 12.6 Å². The van der Waals surface area contributed by atoms with Crippen molar-refractivity contribution < 1.29 is 9.15 Å². The van der Waals surface area contributed by atoms with Gasteiger partial charge in [0.15, 0.2) is 4.67 Å². The summed E-state index contributed by atoms with van der Waals surface area (Å²) in [6, 6.07) is 2.52. The highest BCUT2D eigenvalue weighted by atomic mass is 79.9. The zero-order valence-corrected chi connectivity index (χ0v) is 12.3. The summed E-state index contributed by atoms with van der Waals surface area (Å²) in [5.41, 5.74) is 0. The predicted octanol–water partition coefficient (Wildman–Crippen LogP) is 3.46. The van der Waals surface area contributed by atoms with Crippen LogP contribution in [0.4, 0.5) is 0 Å². The number of halogens is 2. The Labute approximate surface area is 112 Å². The fourth-order valence-corrected chi connectivity index (χ4v) is 2.57. The molecule has 0 aliphatic carbocycles. The lowest BCUT2D eigenvalue weighted by atomic mass is 10.0. The van der Waals surface area contributed by atoms with Gasteiger partial charge in [0.05, 0.1) is 17.1 Å². The van der Waals surface area contributed by atoms with Gasteiger partial charge in [-0.3, -0.25) is 0 Å². The number of hydrogen-bond acceptors (Lipinski definition) is 3. The summed E-state index contributed by atoms with van der Waals surface area (Å²) < 4.78 is 12.7. The van der Waals surface area contributed by atoms with Crippen LogP contribution in [0.25, 0.3) is 0 Å². The van der Waals surface area contributed by atoms with Gasteiger partial charge in [-0.25, -0.2) is 0 Å². The highest BCUT2D eigenvalue weighted by Gasteiger charge is 2.19. The molecule has 0 aromatic carbocycles. The lowest BCUT2D eigenvalue weighted by molar-refractivity contribution is 0.0127. The van der Waals surface area contributed by atoms with E-state index in [4.69, 9.17) is 9.15 Å². The molecule has 1 aliphatic heterocycles. The lowest BCUT2D eigenvalue weighted by Crippen LogP contribution is -2.37. The van der Waals surface area contributed by atoms with E-state index in [0.717, 1.165) is 40.9 Å². The van der Waals surface area contributed by atoms with E-state index < -0.39 is 0 Å². The fraction of sp³-hybridized carbons (Fsp3) is 0.636. The molecule has 0 spiro atoms. The van der Waals surface area contributed by atoms with Crippen molar-refractivity contribution in [2.24, 2.45) is 0 Å². The zero-order valence-electron chi connectivity index (χ0n) is 9.13. The summed E-state index contributed by atoms with van der Waals surface area (Å²) in [6.45, 7) is 3.74. The minimum atomic E-state index is 0.362. The minimum Gasteiger partial charge on any atom is -0.452 e. The first-order valence-electron chi connectivity index (χ1n) is 5.44. The van der Waals surface area contributed by atoms with Crippen molar-refractivity contribution in [3.05, 3.63) is 21.0 Å². The van der Waals surface area contributed by atoms with Gasteiger partial charge in [0.25, 0.3) is 0 Å². The summed E-state index contributed by atoms with van der Waals surface area (Å²) in [5, 5.41) is 3.49. The van der Waals surface area contributed by atoms with Gasteiger partial charge in [-0.05, 0) is 57.7 Å². The Hall–Kier alpha value is 0.160. The third kappa shape index (κ3) is 3.32. The van der Waals surface area contributed by atoms with Crippen LogP contribution in [0.2, 0.25) is 0 Å². The number of furan rings is 1. The average Bonchev–Trinajstić information content (AvgIpc) is 2.56. The lowest BCUT2D eigenvalue weighted by Gasteiger charge is -2.27. The second-order valence-corrected chi connectivity index (χ2v) is 5.69. The second-order valence-electron chi connectivity index (χ2n) is 4.12. The van der Waals surface area contributed by atoms with Gasteiger partial charge in [-0.15, -0.1) is 0 Å². The van der Waals surface area contributed by atoms with E-state index in [1.165, 1.54) is 0 Å². The van der Waals surface area contributed by atoms with E-state index in [1.54, 1.807) is 0 Å². The van der Waals surface area contributed by atoms with Crippen molar-refractivity contribution in [1.82, 2.24) is 5.32 Å². The van der Waals surface area contributed by atoms with Crippen LogP contribution in [0.15, 0.2) is 19.6 Å². The molecule has 0 amide bonds. The highest BCUT2D eigenvalue weighted by molar-refractivity contribution is 9.13. The molecule has 2 heterocycles. The van der Waals surface area contributed by atoms with Crippen LogP contribution in [0.3, 0.4) is 0 Å². The molecule has 1 aromatic heterocycles. The molecule has 1 saturated heterocycles. The number of ether oxygens (including phenoxy) is 1. The van der Waals surface area contributed by atoms with Crippen LogP contribution in [0, 0.1) is 0 Å². The van der Waals surface area contributed by atoms with Crippen LogP contribution in [-0.4, -0.2) is 18.8 Å². The average molecular weight is 353 g/mol. The number of nitrogens with one attached hydrogen (secondary N) is 1. The molecule has 3 nitrogen and oxygen atoms in total.